The number of aryl methyl sites for hydroxylation is 1. The monoisotopic (exact) mass is 556 g/mol. The number of benzene rings is 2. The molecule has 0 radical (unpaired) electrons. The van der Waals surface area contributed by atoms with Crippen LogP contribution in [-0.2, 0) is 20.0 Å². The van der Waals surface area contributed by atoms with Crippen molar-refractivity contribution < 1.29 is 19.0 Å². The third kappa shape index (κ3) is 7.96. The molecule has 1 saturated heterocycles. The van der Waals surface area contributed by atoms with Gasteiger partial charge in [0, 0.05) is 56.2 Å². The molecule has 0 saturated carbocycles. The van der Waals surface area contributed by atoms with E-state index in [1.165, 1.54) is 0 Å². The number of carbonyl (C=O) groups is 1. The van der Waals surface area contributed by atoms with Gasteiger partial charge >= 0.3 is 0 Å². The SMILES string of the molecule is CCNc1cc(C(=O)N[C@@H](Cc2ccccc2)[C@@H](O)CNCc2cnn(C)c2)cc(N2CCCCS2(O)O)c1. The highest BCUT2D eigenvalue weighted by Gasteiger charge is 2.28. The van der Waals surface area contributed by atoms with Crippen molar-refractivity contribution in [3.05, 3.63) is 77.6 Å². The zero-order valence-corrected chi connectivity index (χ0v) is 23.4. The van der Waals surface area contributed by atoms with Crippen molar-refractivity contribution in [2.75, 3.05) is 35.0 Å². The standard InChI is InChI=1S/C28H40N6O4S/c1-3-30-24-14-23(15-25(16-24)34-11-7-8-12-39(34,37)38)28(36)32-26(13-21-9-5-4-6-10-21)27(35)19-29-17-22-18-31-33(2)20-22/h4-6,9-10,14-16,18,20,26-27,29-30,35,37-38H,3,7-8,11-13,17,19H2,1-2H3,(H,32,36)/t26-,27-/m0/s1. The fourth-order valence-electron chi connectivity index (χ4n) is 4.77. The molecule has 11 heteroatoms. The van der Waals surface area contributed by atoms with E-state index < -0.39 is 22.9 Å². The van der Waals surface area contributed by atoms with E-state index in [9.17, 15) is 19.0 Å². The maximum Gasteiger partial charge on any atom is 0.251 e. The largest absolute Gasteiger partial charge is 0.390 e. The zero-order chi connectivity index (χ0) is 27.8. The molecule has 3 aromatic rings. The van der Waals surface area contributed by atoms with Crippen molar-refractivity contribution in [1.82, 2.24) is 20.4 Å². The lowest BCUT2D eigenvalue weighted by atomic mass is 10.00. The fraction of sp³-hybridized carbons (Fsp3) is 0.429. The number of carbonyl (C=O) groups excluding carboxylic acids is 1. The van der Waals surface area contributed by atoms with Crippen molar-refractivity contribution >= 4 is 28.1 Å². The molecule has 10 nitrogen and oxygen atoms in total. The molecule has 0 unspecified atom stereocenters. The summed E-state index contributed by atoms with van der Waals surface area (Å²) in [5.74, 6) is -0.0195. The van der Waals surface area contributed by atoms with Gasteiger partial charge in [-0.2, -0.15) is 5.10 Å². The number of nitrogens with one attached hydrogen (secondary N) is 3. The minimum Gasteiger partial charge on any atom is -0.390 e. The summed E-state index contributed by atoms with van der Waals surface area (Å²) in [4.78, 5) is 13.6. The van der Waals surface area contributed by atoms with Crippen LogP contribution < -0.4 is 20.3 Å². The molecule has 6 N–H and O–H groups in total. The molecule has 1 fully saturated rings. The van der Waals surface area contributed by atoms with Crippen LogP contribution in [-0.4, -0.2) is 67.4 Å². The quantitative estimate of drug-likeness (QED) is 0.199. The van der Waals surface area contributed by atoms with Gasteiger partial charge < -0.3 is 21.1 Å². The minimum atomic E-state index is -2.94. The number of hydrogen-bond acceptors (Lipinski definition) is 8. The lowest BCUT2D eigenvalue weighted by Gasteiger charge is -2.47. The first-order valence-electron chi connectivity index (χ1n) is 13.4. The average Bonchev–Trinajstić information content (AvgIpc) is 3.33. The van der Waals surface area contributed by atoms with Gasteiger partial charge in [0.15, 0.2) is 0 Å². The van der Waals surface area contributed by atoms with E-state index in [1.807, 2.05) is 56.6 Å². The maximum absolute atomic E-state index is 13.6. The van der Waals surface area contributed by atoms with Crippen LogP contribution >= 0.6 is 10.8 Å². The number of aliphatic hydroxyl groups is 1. The first-order valence-corrected chi connectivity index (χ1v) is 15.1. The van der Waals surface area contributed by atoms with Gasteiger partial charge in [-0.05, 0) is 49.9 Å². The summed E-state index contributed by atoms with van der Waals surface area (Å²) in [7, 11) is -1.08. The van der Waals surface area contributed by atoms with E-state index in [-0.39, 0.29) is 12.5 Å². The highest BCUT2D eigenvalue weighted by atomic mass is 32.3. The summed E-state index contributed by atoms with van der Waals surface area (Å²) in [6, 6.07) is 14.5. The summed E-state index contributed by atoms with van der Waals surface area (Å²) in [6.07, 6.45) is 4.89. The number of amides is 1. The van der Waals surface area contributed by atoms with E-state index >= 15 is 0 Å². The molecular weight excluding hydrogens is 516 g/mol. The van der Waals surface area contributed by atoms with Crippen molar-refractivity contribution in [1.29, 1.82) is 0 Å². The summed E-state index contributed by atoms with van der Waals surface area (Å²) in [5.41, 5.74) is 3.71. The van der Waals surface area contributed by atoms with Crippen LogP contribution in [0.4, 0.5) is 11.4 Å². The summed E-state index contributed by atoms with van der Waals surface area (Å²) in [6.45, 7) is 3.96. The van der Waals surface area contributed by atoms with E-state index in [1.54, 1.807) is 27.3 Å². The molecule has 212 valence electrons. The molecule has 4 rings (SSSR count). The second-order valence-electron chi connectivity index (χ2n) is 9.93. The molecule has 1 aliphatic rings. The highest BCUT2D eigenvalue weighted by Crippen LogP contribution is 2.50. The Hall–Kier alpha value is -3.09. The summed E-state index contributed by atoms with van der Waals surface area (Å²) in [5, 5.41) is 24.8. The second-order valence-corrected chi connectivity index (χ2v) is 12.0. The third-order valence-corrected chi connectivity index (χ3v) is 8.69. The second kappa shape index (κ2) is 13.3. The van der Waals surface area contributed by atoms with E-state index in [0.717, 1.165) is 29.7 Å². The van der Waals surface area contributed by atoms with Crippen LogP contribution in [0.2, 0.25) is 0 Å². The van der Waals surface area contributed by atoms with Gasteiger partial charge in [-0.25, -0.2) is 0 Å². The maximum atomic E-state index is 13.6. The lowest BCUT2D eigenvalue weighted by Crippen LogP contribution is -2.48. The number of nitrogens with zero attached hydrogens (tertiary/aromatic N) is 3. The van der Waals surface area contributed by atoms with Crippen LogP contribution in [0.5, 0.6) is 0 Å². The predicted octanol–water partition coefficient (Wildman–Crippen LogP) is 3.61. The van der Waals surface area contributed by atoms with Crippen molar-refractivity contribution in [3.8, 4) is 0 Å². The lowest BCUT2D eigenvalue weighted by molar-refractivity contribution is 0.0830. The first-order chi connectivity index (χ1) is 18.7. The molecular formula is C28H40N6O4S. The van der Waals surface area contributed by atoms with Gasteiger partial charge in [-0.1, -0.05) is 30.3 Å². The van der Waals surface area contributed by atoms with Crippen LogP contribution in [0.25, 0.3) is 0 Å². The van der Waals surface area contributed by atoms with Crippen molar-refractivity contribution in [3.63, 3.8) is 0 Å². The van der Waals surface area contributed by atoms with Gasteiger partial charge in [-0.3, -0.25) is 22.9 Å². The van der Waals surface area contributed by atoms with Crippen LogP contribution in [0.1, 0.15) is 41.3 Å². The molecule has 39 heavy (non-hydrogen) atoms. The molecule has 1 amide bonds. The summed E-state index contributed by atoms with van der Waals surface area (Å²) < 4.78 is 24.7. The Bertz CT molecular complexity index is 1220. The molecule has 0 spiro atoms. The number of aromatic nitrogens is 2. The smallest absolute Gasteiger partial charge is 0.251 e. The van der Waals surface area contributed by atoms with E-state index in [0.29, 0.717) is 43.1 Å². The highest BCUT2D eigenvalue weighted by molar-refractivity contribution is 8.25. The Kier molecular flexibility index (Phi) is 9.87. The molecule has 2 atom stereocenters. The fourth-order valence-corrected chi connectivity index (χ4v) is 6.45. The Morgan fingerprint density at radius 3 is 2.62 bits per heavy atom. The molecule has 2 heterocycles. The number of aliphatic hydroxyl groups excluding tert-OH is 1. The Labute approximate surface area is 231 Å². The predicted molar refractivity (Wildman–Crippen MR) is 157 cm³/mol. The van der Waals surface area contributed by atoms with Crippen LogP contribution in [0.15, 0.2) is 60.9 Å². The molecule has 1 aromatic heterocycles. The van der Waals surface area contributed by atoms with Gasteiger partial charge in [-0.15, -0.1) is 10.8 Å². The van der Waals surface area contributed by atoms with Crippen molar-refractivity contribution in [2.45, 2.75) is 44.9 Å². The molecule has 1 aliphatic heterocycles. The van der Waals surface area contributed by atoms with Gasteiger partial charge in [0.1, 0.15) is 0 Å². The van der Waals surface area contributed by atoms with Gasteiger partial charge in [0.2, 0.25) is 0 Å². The van der Waals surface area contributed by atoms with E-state index in [4.69, 9.17) is 0 Å². The first kappa shape index (κ1) is 28.9. The minimum absolute atomic E-state index is 0.282. The van der Waals surface area contributed by atoms with Gasteiger partial charge in [0.25, 0.3) is 5.91 Å². The third-order valence-electron chi connectivity index (χ3n) is 6.75. The van der Waals surface area contributed by atoms with Crippen LogP contribution in [0.3, 0.4) is 0 Å². The van der Waals surface area contributed by atoms with Crippen molar-refractivity contribution in [2.24, 2.45) is 7.05 Å². The number of rotatable bonds is 12. The average molecular weight is 557 g/mol. The normalized spacial score (nSPS) is 17.3. The molecule has 0 bridgehead atoms. The summed E-state index contributed by atoms with van der Waals surface area (Å²) >= 11 is 0. The zero-order valence-electron chi connectivity index (χ0n) is 22.6. The van der Waals surface area contributed by atoms with E-state index in [2.05, 4.69) is 21.0 Å². The Morgan fingerprint density at radius 1 is 1.13 bits per heavy atom. The number of hydrogen-bond donors (Lipinski definition) is 6. The Balaban J connectivity index is 1.53. The van der Waals surface area contributed by atoms with Crippen LogP contribution in [0, 0.1) is 0 Å². The molecule has 2 aromatic carbocycles. The topological polar surface area (TPSA) is 135 Å². The Morgan fingerprint density at radius 2 is 1.92 bits per heavy atom. The number of anilines is 2. The van der Waals surface area contributed by atoms with Gasteiger partial charge in [0.05, 0.1) is 29.8 Å². The molecule has 0 aliphatic carbocycles.